The molecule has 0 unspecified atom stereocenters. The number of benzene rings is 2. The topological polar surface area (TPSA) is 145 Å². The summed E-state index contributed by atoms with van der Waals surface area (Å²) in [5.41, 5.74) is 12.9. The number of carbonyl (C=O) groups is 2. The number of halogens is 4. The third-order valence-corrected chi connectivity index (χ3v) is 6.28. The number of nitrogens with zero attached hydrogens (tertiary/aromatic N) is 2. The molecule has 3 rings (SSSR count). The van der Waals surface area contributed by atoms with Crippen molar-refractivity contribution in [3.8, 4) is 5.75 Å². The second kappa shape index (κ2) is 14.8. The van der Waals surface area contributed by atoms with E-state index < -0.39 is 23.8 Å². The molecule has 6 N–H and O–H groups in total. The van der Waals surface area contributed by atoms with Crippen LogP contribution in [0.5, 0.6) is 5.75 Å². The Labute approximate surface area is 237 Å². The lowest BCUT2D eigenvalue weighted by molar-refractivity contribution is -0.274. The van der Waals surface area contributed by atoms with Gasteiger partial charge in [-0.25, -0.2) is 4.39 Å². The number of hydrogen-bond donors (Lipinski definition) is 4. The number of allylic oxidation sites excluding steroid dienone is 3. The van der Waals surface area contributed by atoms with Crippen molar-refractivity contribution in [2.45, 2.75) is 44.9 Å². The third kappa shape index (κ3) is 11.7. The molecule has 0 aliphatic rings. The van der Waals surface area contributed by atoms with Gasteiger partial charge in [0.05, 0.1) is 12.8 Å². The van der Waals surface area contributed by atoms with Crippen LogP contribution in [0.1, 0.15) is 35.4 Å². The number of carbonyl (C=O) groups excluding carboxylic acids is 2. The smallest absolute Gasteiger partial charge is 0.406 e. The molecule has 14 heteroatoms. The summed E-state index contributed by atoms with van der Waals surface area (Å²) >= 11 is 1.24. The van der Waals surface area contributed by atoms with Gasteiger partial charge in [0.2, 0.25) is 16.9 Å². The fourth-order valence-corrected chi connectivity index (χ4v) is 4.35. The Hall–Kier alpha value is -4.46. The van der Waals surface area contributed by atoms with Gasteiger partial charge < -0.3 is 26.8 Å². The normalized spacial score (nSPS) is 12.2. The molecule has 0 spiro atoms. The van der Waals surface area contributed by atoms with Crippen LogP contribution in [0, 0.1) is 5.82 Å². The highest BCUT2D eigenvalue weighted by molar-refractivity contribution is 7.15. The van der Waals surface area contributed by atoms with Gasteiger partial charge in [-0.15, -0.1) is 23.4 Å². The maximum absolute atomic E-state index is 13.7. The largest absolute Gasteiger partial charge is 0.573 e. The van der Waals surface area contributed by atoms with Crippen LogP contribution in [0.4, 0.5) is 22.7 Å². The predicted molar refractivity (Wildman–Crippen MR) is 146 cm³/mol. The van der Waals surface area contributed by atoms with Gasteiger partial charge in [-0.05, 0) is 60.7 Å². The van der Waals surface area contributed by atoms with E-state index in [1.807, 2.05) is 0 Å². The summed E-state index contributed by atoms with van der Waals surface area (Å²) in [7, 11) is 0. The number of anilines is 1. The van der Waals surface area contributed by atoms with Crippen LogP contribution in [0.15, 0.2) is 72.2 Å². The van der Waals surface area contributed by atoms with Gasteiger partial charge in [0.1, 0.15) is 22.4 Å². The summed E-state index contributed by atoms with van der Waals surface area (Å²) < 4.78 is 54.7. The van der Waals surface area contributed by atoms with Crippen molar-refractivity contribution in [3.05, 3.63) is 94.2 Å². The lowest BCUT2D eigenvalue weighted by Gasteiger charge is -2.10. The molecule has 0 saturated carbocycles. The number of rotatable bonds is 13. The van der Waals surface area contributed by atoms with Crippen LogP contribution in [0.3, 0.4) is 0 Å². The number of alkyl halides is 3. The second-order valence-electron chi connectivity index (χ2n) is 8.81. The molecule has 9 nitrogen and oxygen atoms in total. The summed E-state index contributed by atoms with van der Waals surface area (Å²) in [5.74, 6) is -1.74. The lowest BCUT2D eigenvalue weighted by Crippen LogP contribution is -2.28. The molecule has 0 atom stereocenters. The van der Waals surface area contributed by atoms with Gasteiger partial charge in [-0.3, -0.25) is 9.59 Å². The first-order chi connectivity index (χ1) is 19.5. The fraction of sp³-hybridized carbons (Fsp3) is 0.259. The van der Waals surface area contributed by atoms with Crippen molar-refractivity contribution in [2.24, 2.45) is 11.5 Å². The highest BCUT2D eigenvalue weighted by atomic mass is 32.1. The summed E-state index contributed by atoms with van der Waals surface area (Å²) in [6.07, 6.45) is 0.501. The van der Waals surface area contributed by atoms with Crippen molar-refractivity contribution < 1.29 is 31.9 Å². The number of hydrogen-bond acceptors (Lipinski definition) is 8. The van der Waals surface area contributed by atoms with Gasteiger partial charge in [-0.2, -0.15) is 0 Å². The molecular weight excluding hydrogens is 564 g/mol. The highest BCUT2D eigenvalue weighted by Crippen LogP contribution is 2.23. The van der Waals surface area contributed by atoms with E-state index in [0.29, 0.717) is 34.8 Å². The molecule has 1 aromatic heterocycles. The fourth-order valence-electron chi connectivity index (χ4n) is 3.55. The van der Waals surface area contributed by atoms with Crippen molar-refractivity contribution in [1.82, 2.24) is 15.5 Å². The maximum Gasteiger partial charge on any atom is 0.573 e. The number of unbranched alkanes of at least 4 members (excludes halogenated alkanes) is 1. The molecule has 0 radical (unpaired) electrons. The van der Waals surface area contributed by atoms with Gasteiger partial charge >= 0.3 is 6.36 Å². The number of aryl methyl sites for hydroxylation is 1. The Morgan fingerprint density at radius 2 is 1.76 bits per heavy atom. The van der Waals surface area contributed by atoms with E-state index in [1.165, 1.54) is 35.6 Å². The van der Waals surface area contributed by atoms with E-state index in [1.54, 1.807) is 24.3 Å². The maximum atomic E-state index is 13.7. The van der Waals surface area contributed by atoms with Crippen LogP contribution >= 0.6 is 11.3 Å². The molecule has 0 fully saturated rings. The van der Waals surface area contributed by atoms with E-state index in [9.17, 15) is 27.2 Å². The SMILES string of the molecule is N/C(=C\C=C(/N)NC(=O)Cc1cccc(OC(F)(F)F)c1)CCCCc1nnc(NC(=O)Cc2ccccc2F)s1. The highest BCUT2D eigenvalue weighted by Gasteiger charge is 2.31. The van der Waals surface area contributed by atoms with E-state index in [4.69, 9.17) is 11.5 Å². The standard InChI is InChI=1S/C27H28F4N6O3S/c28-21-10-3-1-7-18(21)16-24(39)35-26-37-36-25(41-26)11-4-2-8-19(32)12-13-22(33)34-23(38)15-17-6-5-9-20(14-17)40-27(29,30)31/h1,3,5-7,9-10,12-14H,2,4,8,11,15-16,32-33H2,(H,34,38)(H,35,37,39)/b19-12-,22-13+. The molecular formula is C27H28F4N6O3S. The molecule has 0 saturated heterocycles. The van der Waals surface area contributed by atoms with Crippen LogP contribution in [0.25, 0.3) is 0 Å². The molecule has 218 valence electrons. The minimum Gasteiger partial charge on any atom is -0.406 e. The molecule has 0 aliphatic heterocycles. The van der Waals surface area contributed by atoms with Crippen molar-refractivity contribution >= 4 is 28.3 Å². The Morgan fingerprint density at radius 3 is 2.51 bits per heavy atom. The minimum absolute atomic E-state index is 0.0269. The molecule has 0 bridgehead atoms. The number of ether oxygens (including phenoxy) is 1. The first-order valence-corrected chi connectivity index (χ1v) is 13.2. The Bertz CT molecular complexity index is 1410. The van der Waals surface area contributed by atoms with Crippen LogP contribution < -0.4 is 26.8 Å². The summed E-state index contributed by atoms with van der Waals surface area (Å²) in [6.45, 7) is 0. The monoisotopic (exact) mass is 592 g/mol. The summed E-state index contributed by atoms with van der Waals surface area (Å²) in [6, 6.07) is 11.2. The van der Waals surface area contributed by atoms with E-state index in [2.05, 4.69) is 25.6 Å². The van der Waals surface area contributed by atoms with Gasteiger partial charge in [0.15, 0.2) is 0 Å². The summed E-state index contributed by atoms with van der Waals surface area (Å²) in [5, 5.41) is 14.2. The van der Waals surface area contributed by atoms with Crippen LogP contribution in [0.2, 0.25) is 0 Å². The molecule has 2 amide bonds. The van der Waals surface area contributed by atoms with E-state index >= 15 is 0 Å². The van der Waals surface area contributed by atoms with Gasteiger partial charge in [0, 0.05) is 12.1 Å². The van der Waals surface area contributed by atoms with Crippen LogP contribution in [-0.2, 0) is 28.9 Å². The lowest BCUT2D eigenvalue weighted by atomic mass is 10.1. The first kappa shape index (κ1) is 31.1. The van der Waals surface area contributed by atoms with Crippen molar-refractivity contribution in [2.75, 3.05) is 5.32 Å². The van der Waals surface area contributed by atoms with Crippen LogP contribution in [-0.4, -0.2) is 28.4 Å². The van der Waals surface area contributed by atoms with Gasteiger partial charge in [-0.1, -0.05) is 41.7 Å². The third-order valence-electron chi connectivity index (χ3n) is 5.39. The van der Waals surface area contributed by atoms with E-state index in [0.717, 1.165) is 30.0 Å². The first-order valence-electron chi connectivity index (χ1n) is 12.4. The quantitative estimate of drug-likeness (QED) is 0.130. The number of nitrogens with two attached hydrogens (primary N) is 2. The Morgan fingerprint density at radius 1 is 0.976 bits per heavy atom. The summed E-state index contributed by atoms with van der Waals surface area (Å²) in [4.78, 5) is 24.3. The second-order valence-corrected chi connectivity index (χ2v) is 9.87. The van der Waals surface area contributed by atoms with Gasteiger partial charge in [0.25, 0.3) is 0 Å². The van der Waals surface area contributed by atoms with Crippen molar-refractivity contribution in [1.29, 1.82) is 0 Å². The zero-order valence-corrected chi connectivity index (χ0v) is 22.5. The number of amides is 2. The van der Waals surface area contributed by atoms with Crippen molar-refractivity contribution in [3.63, 3.8) is 0 Å². The molecule has 41 heavy (non-hydrogen) atoms. The Balaban J connectivity index is 1.36. The molecule has 1 heterocycles. The zero-order chi connectivity index (χ0) is 29.8. The number of aromatic nitrogens is 2. The Kier molecular flexibility index (Phi) is 11.2. The average Bonchev–Trinajstić information content (AvgIpc) is 3.32. The van der Waals surface area contributed by atoms with E-state index in [-0.39, 0.29) is 24.6 Å². The zero-order valence-electron chi connectivity index (χ0n) is 21.7. The minimum atomic E-state index is -4.83. The molecule has 2 aromatic carbocycles. The average molecular weight is 593 g/mol. The molecule has 3 aromatic rings. The number of nitrogens with one attached hydrogen (secondary N) is 2. The predicted octanol–water partition coefficient (Wildman–Crippen LogP) is 4.47. The molecule has 0 aliphatic carbocycles.